The molecule has 0 saturated heterocycles. The lowest BCUT2D eigenvalue weighted by Gasteiger charge is -2.17. The van der Waals surface area contributed by atoms with Gasteiger partial charge in [0.2, 0.25) is 0 Å². The third kappa shape index (κ3) is 7.80. The van der Waals surface area contributed by atoms with Gasteiger partial charge in [-0.1, -0.05) is 60.7 Å². The van der Waals surface area contributed by atoms with Gasteiger partial charge >= 0.3 is 0 Å². The SMILES string of the molecule is Cl.O=C(c1ccccc1)C(Cc1ccccc1)OCCCNCCO. The molecule has 2 aromatic rings. The fraction of sp³-hybridized carbons (Fsp3) is 0.350. The minimum Gasteiger partial charge on any atom is -0.395 e. The van der Waals surface area contributed by atoms with Crippen LogP contribution in [-0.4, -0.2) is 43.3 Å². The van der Waals surface area contributed by atoms with Crippen molar-refractivity contribution in [2.24, 2.45) is 0 Å². The average Bonchev–Trinajstić information content (AvgIpc) is 2.64. The van der Waals surface area contributed by atoms with E-state index >= 15 is 0 Å². The van der Waals surface area contributed by atoms with E-state index in [0.29, 0.717) is 25.1 Å². The molecule has 0 spiro atoms. The molecule has 25 heavy (non-hydrogen) atoms. The Morgan fingerprint density at radius 2 is 1.64 bits per heavy atom. The molecule has 0 aliphatic rings. The van der Waals surface area contributed by atoms with Crippen molar-refractivity contribution in [3.05, 3.63) is 71.8 Å². The van der Waals surface area contributed by atoms with Crippen molar-refractivity contribution in [1.82, 2.24) is 5.32 Å². The third-order valence-corrected chi connectivity index (χ3v) is 3.72. The van der Waals surface area contributed by atoms with Crippen LogP contribution in [0.5, 0.6) is 0 Å². The van der Waals surface area contributed by atoms with Gasteiger partial charge in [0.05, 0.1) is 6.61 Å². The van der Waals surface area contributed by atoms with E-state index in [1.165, 1.54) is 0 Å². The van der Waals surface area contributed by atoms with E-state index in [-0.39, 0.29) is 24.8 Å². The standard InChI is InChI=1S/C20H25NO3.ClH/c22-14-13-21-12-7-15-24-19(16-17-8-3-1-4-9-17)20(23)18-10-5-2-6-11-18;/h1-6,8-11,19,21-22H,7,12-16H2;1H. The molecule has 4 nitrogen and oxygen atoms in total. The van der Waals surface area contributed by atoms with Gasteiger partial charge in [0.25, 0.3) is 0 Å². The lowest BCUT2D eigenvalue weighted by molar-refractivity contribution is 0.0403. The lowest BCUT2D eigenvalue weighted by Crippen LogP contribution is -2.28. The summed E-state index contributed by atoms with van der Waals surface area (Å²) in [6.45, 7) is 1.98. The Balaban J connectivity index is 0.00000312. The number of aliphatic hydroxyl groups excluding tert-OH is 1. The second-order valence-corrected chi connectivity index (χ2v) is 5.61. The Hall–Kier alpha value is -1.72. The summed E-state index contributed by atoms with van der Waals surface area (Å²) >= 11 is 0. The Morgan fingerprint density at radius 3 is 2.28 bits per heavy atom. The quantitative estimate of drug-likeness (QED) is 0.476. The van der Waals surface area contributed by atoms with Crippen molar-refractivity contribution in [3.63, 3.8) is 0 Å². The van der Waals surface area contributed by atoms with E-state index in [0.717, 1.165) is 18.5 Å². The molecule has 5 heteroatoms. The van der Waals surface area contributed by atoms with Gasteiger partial charge in [0, 0.05) is 25.1 Å². The van der Waals surface area contributed by atoms with Gasteiger partial charge in [-0.05, 0) is 18.5 Å². The zero-order chi connectivity index (χ0) is 17.0. The molecule has 0 aromatic heterocycles. The summed E-state index contributed by atoms with van der Waals surface area (Å²) in [5, 5.41) is 11.8. The molecule has 2 rings (SSSR count). The number of halogens is 1. The van der Waals surface area contributed by atoms with Crippen LogP contribution < -0.4 is 5.32 Å². The molecule has 0 aliphatic carbocycles. The van der Waals surface area contributed by atoms with Gasteiger partial charge in [-0.15, -0.1) is 12.4 Å². The van der Waals surface area contributed by atoms with Crippen LogP contribution in [-0.2, 0) is 11.2 Å². The predicted molar refractivity (Wildman–Crippen MR) is 102 cm³/mol. The molecule has 0 heterocycles. The van der Waals surface area contributed by atoms with Crippen LogP contribution in [0, 0.1) is 0 Å². The maximum Gasteiger partial charge on any atom is 0.191 e. The van der Waals surface area contributed by atoms with Crippen molar-refractivity contribution >= 4 is 18.2 Å². The van der Waals surface area contributed by atoms with Gasteiger partial charge < -0.3 is 15.2 Å². The van der Waals surface area contributed by atoms with Crippen LogP contribution in [0.1, 0.15) is 22.3 Å². The summed E-state index contributed by atoms with van der Waals surface area (Å²) in [6.07, 6.45) is 0.888. The van der Waals surface area contributed by atoms with Gasteiger partial charge in [-0.2, -0.15) is 0 Å². The number of aliphatic hydroxyl groups is 1. The minimum absolute atomic E-state index is 0. The van der Waals surface area contributed by atoms with Crippen molar-refractivity contribution in [2.45, 2.75) is 18.9 Å². The molecular weight excluding hydrogens is 338 g/mol. The molecular formula is C20H26ClNO3. The number of Topliss-reactive ketones (excluding diaryl/α,β-unsaturated/α-hetero) is 1. The highest BCUT2D eigenvalue weighted by Gasteiger charge is 2.21. The summed E-state index contributed by atoms with van der Waals surface area (Å²) in [5.74, 6) is 0.0165. The first kappa shape index (κ1) is 21.3. The number of carbonyl (C=O) groups is 1. The summed E-state index contributed by atoms with van der Waals surface area (Å²) in [4.78, 5) is 12.7. The maximum atomic E-state index is 12.7. The van der Waals surface area contributed by atoms with Gasteiger partial charge in [0.1, 0.15) is 6.10 Å². The van der Waals surface area contributed by atoms with Crippen molar-refractivity contribution in [1.29, 1.82) is 0 Å². The zero-order valence-corrected chi connectivity index (χ0v) is 15.1. The Morgan fingerprint density at radius 1 is 1.00 bits per heavy atom. The number of hydrogen-bond donors (Lipinski definition) is 2. The smallest absolute Gasteiger partial charge is 0.191 e. The van der Waals surface area contributed by atoms with Crippen LogP contribution in [0.2, 0.25) is 0 Å². The average molecular weight is 364 g/mol. The molecule has 0 radical (unpaired) electrons. The summed E-state index contributed by atoms with van der Waals surface area (Å²) in [5.41, 5.74) is 1.77. The van der Waals surface area contributed by atoms with E-state index in [4.69, 9.17) is 9.84 Å². The monoisotopic (exact) mass is 363 g/mol. The van der Waals surface area contributed by atoms with Gasteiger partial charge in [-0.3, -0.25) is 4.79 Å². The van der Waals surface area contributed by atoms with Gasteiger partial charge in [-0.25, -0.2) is 0 Å². The first-order chi connectivity index (χ1) is 11.8. The maximum absolute atomic E-state index is 12.7. The van der Waals surface area contributed by atoms with E-state index < -0.39 is 6.10 Å². The topological polar surface area (TPSA) is 58.6 Å². The Kier molecular flexibility index (Phi) is 10.8. The fourth-order valence-corrected chi connectivity index (χ4v) is 2.47. The lowest BCUT2D eigenvalue weighted by atomic mass is 10.00. The van der Waals surface area contributed by atoms with E-state index in [2.05, 4.69) is 5.32 Å². The zero-order valence-electron chi connectivity index (χ0n) is 14.3. The number of benzene rings is 2. The summed E-state index contributed by atoms with van der Waals surface area (Å²) < 4.78 is 5.89. The molecule has 2 aromatic carbocycles. The number of rotatable bonds is 11. The predicted octanol–water partition coefficient (Wildman–Crippen LogP) is 2.89. The fourth-order valence-electron chi connectivity index (χ4n) is 2.47. The second-order valence-electron chi connectivity index (χ2n) is 5.61. The Labute approximate surface area is 155 Å². The molecule has 0 bridgehead atoms. The molecule has 0 fully saturated rings. The van der Waals surface area contributed by atoms with E-state index in [9.17, 15) is 4.79 Å². The van der Waals surface area contributed by atoms with Crippen molar-refractivity contribution in [3.8, 4) is 0 Å². The highest BCUT2D eigenvalue weighted by Crippen LogP contribution is 2.12. The normalized spacial score (nSPS) is 11.6. The molecule has 1 unspecified atom stereocenters. The molecule has 136 valence electrons. The summed E-state index contributed by atoms with van der Waals surface area (Å²) in [6, 6.07) is 19.2. The number of hydrogen-bond acceptors (Lipinski definition) is 4. The van der Waals surface area contributed by atoms with Crippen LogP contribution in [0.15, 0.2) is 60.7 Å². The summed E-state index contributed by atoms with van der Waals surface area (Å²) in [7, 11) is 0. The number of carbonyl (C=O) groups excluding carboxylic acids is 1. The molecule has 0 saturated carbocycles. The largest absolute Gasteiger partial charge is 0.395 e. The van der Waals surface area contributed by atoms with Crippen LogP contribution in [0.4, 0.5) is 0 Å². The van der Waals surface area contributed by atoms with Gasteiger partial charge in [0.15, 0.2) is 5.78 Å². The van der Waals surface area contributed by atoms with Crippen molar-refractivity contribution in [2.75, 3.05) is 26.3 Å². The number of ketones is 1. The Bertz CT molecular complexity index is 592. The van der Waals surface area contributed by atoms with E-state index in [1.54, 1.807) is 0 Å². The third-order valence-electron chi connectivity index (χ3n) is 3.72. The van der Waals surface area contributed by atoms with Crippen LogP contribution >= 0.6 is 12.4 Å². The highest BCUT2D eigenvalue weighted by molar-refractivity contribution is 5.99. The number of ether oxygens (including phenoxy) is 1. The van der Waals surface area contributed by atoms with E-state index in [1.807, 2.05) is 60.7 Å². The first-order valence-corrected chi connectivity index (χ1v) is 8.37. The van der Waals surface area contributed by atoms with Crippen LogP contribution in [0.3, 0.4) is 0 Å². The molecule has 1 atom stereocenters. The highest BCUT2D eigenvalue weighted by atomic mass is 35.5. The molecule has 2 N–H and O–H groups in total. The minimum atomic E-state index is -0.479. The van der Waals surface area contributed by atoms with Crippen molar-refractivity contribution < 1.29 is 14.6 Å². The van der Waals surface area contributed by atoms with Crippen LogP contribution in [0.25, 0.3) is 0 Å². The first-order valence-electron chi connectivity index (χ1n) is 8.37. The number of nitrogens with one attached hydrogen (secondary N) is 1. The second kappa shape index (κ2) is 12.6. The molecule has 0 amide bonds. The molecule has 0 aliphatic heterocycles.